The van der Waals surface area contributed by atoms with Gasteiger partial charge in [-0.05, 0) is 89.2 Å². The highest BCUT2D eigenvalue weighted by Gasteiger charge is 2.51. The van der Waals surface area contributed by atoms with E-state index >= 15 is 0 Å². The van der Waals surface area contributed by atoms with Gasteiger partial charge in [-0.25, -0.2) is 0 Å². The van der Waals surface area contributed by atoms with Crippen LogP contribution in [0.4, 0.5) is 0 Å². The average molecular weight is 393 g/mol. The lowest BCUT2D eigenvalue weighted by Crippen LogP contribution is -2.35. The van der Waals surface area contributed by atoms with Gasteiger partial charge in [-0.1, -0.05) is 79.9 Å². The van der Waals surface area contributed by atoms with Gasteiger partial charge in [-0.15, -0.1) is 0 Å². The molecule has 5 aliphatic rings. The Kier molecular flexibility index (Phi) is 3.79. The molecule has 0 nitrogen and oxygen atoms in total. The first-order valence-electron chi connectivity index (χ1n) is 12.5. The van der Waals surface area contributed by atoms with E-state index < -0.39 is 0 Å². The summed E-state index contributed by atoms with van der Waals surface area (Å²) in [5.41, 5.74) is 10.2. The van der Waals surface area contributed by atoms with Crippen LogP contribution in [0.3, 0.4) is 0 Å². The molecule has 7 rings (SSSR count). The van der Waals surface area contributed by atoms with E-state index in [1.807, 2.05) is 0 Å². The van der Waals surface area contributed by atoms with Crippen molar-refractivity contribution in [2.45, 2.75) is 69.6 Å². The van der Waals surface area contributed by atoms with Crippen molar-refractivity contribution in [2.24, 2.45) is 17.3 Å². The molecule has 0 heteroatoms. The average Bonchev–Trinajstić information content (AvgIpc) is 3.74. The number of hydrogen-bond acceptors (Lipinski definition) is 0. The molecular formula is C30H32. The maximum atomic E-state index is 2.76. The Morgan fingerprint density at radius 1 is 0.567 bits per heavy atom. The summed E-state index contributed by atoms with van der Waals surface area (Å²) in [6, 6.07) is 18.9. The molecule has 0 saturated heterocycles. The molecule has 2 aromatic carbocycles. The van der Waals surface area contributed by atoms with Crippen LogP contribution in [-0.4, -0.2) is 0 Å². The summed E-state index contributed by atoms with van der Waals surface area (Å²) in [7, 11) is 0. The summed E-state index contributed by atoms with van der Waals surface area (Å²) in [6.07, 6.45) is 18.1. The van der Waals surface area contributed by atoms with Gasteiger partial charge in [0, 0.05) is 11.8 Å². The molecular weight excluding hydrogens is 360 g/mol. The third kappa shape index (κ3) is 2.52. The maximum Gasteiger partial charge on any atom is 0.00954 e. The van der Waals surface area contributed by atoms with E-state index in [2.05, 4.69) is 60.7 Å². The van der Waals surface area contributed by atoms with Crippen molar-refractivity contribution < 1.29 is 0 Å². The van der Waals surface area contributed by atoms with Gasteiger partial charge in [0.15, 0.2) is 0 Å². The lowest BCUT2D eigenvalue weighted by molar-refractivity contribution is 0.144. The van der Waals surface area contributed by atoms with Crippen molar-refractivity contribution in [3.63, 3.8) is 0 Å². The molecule has 0 heterocycles. The first-order chi connectivity index (χ1) is 14.9. The fraction of sp³-hybridized carbons (Fsp3) is 0.467. The van der Waals surface area contributed by atoms with Gasteiger partial charge in [0.05, 0.1) is 0 Å². The molecule has 0 bridgehead atoms. The molecule has 0 amide bonds. The standard InChI is InChI=1S/C30H32/c1-6-16-30(17-7-1,28-18-26(20-12-13-20)22-8-2-4-10-24(22)28)29-19-27(21-14-15-21)23-9-3-5-11-25(23)29/h2-5,8-11,18-21,28-29H,1,6-7,12-17H2. The van der Waals surface area contributed by atoms with Gasteiger partial charge in [-0.3, -0.25) is 0 Å². The second-order valence-electron chi connectivity index (χ2n) is 10.7. The van der Waals surface area contributed by atoms with Crippen molar-refractivity contribution in [3.05, 3.63) is 82.9 Å². The van der Waals surface area contributed by atoms with Crippen molar-refractivity contribution >= 4 is 11.1 Å². The van der Waals surface area contributed by atoms with Crippen LogP contribution >= 0.6 is 0 Å². The van der Waals surface area contributed by atoms with E-state index in [4.69, 9.17) is 0 Å². The third-order valence-electron chi connectivity index (χ3n) is 8.96. The Morgan fingerprint density at radius 2 is 1.03 bits per heavy atom. The molecule has 0 radical (unpaired) electrons. The number of fused-ring (bicyclic) bond motifs is 2. The van der Waals surface area contributed by atoms with Crippen molar-refractivity contribution in [1.29, 1.82) is 0 Å². The van der Waals surface area contributed by atoms with Crippen LogP contribution in [0.5, 0.6) is 0 Å². The fourth-order valence-corrected chi connectivity index (χ4v) is 7.26. The zero-order chi connectivity index (χ0) is 19.7. The molecule has 0 N–H and O–H groups in total. The molecule has 3 fully saturated rings. The first-order valence-corrected chi connectivity index (χ1v) is 12.5. The van der Waals surface area contributed by atoms with Crippen LogP contribution in [0.15, 0.2) is 60.7 Å². The van der Waals surface area contributed by atoms with E-state index in [1.54, 1.807) is 33.4 Å². The Hall–Kier alpha value is -2.08. The highest BCUT2D eigenvalue weighted by molar-refractivity contribution is 5.80. The van der Waals surface area contributed by atoms with Crippen LogP contribution in [-0.2, 0) is 0 Å². The Labute approximate surface area is 181 Å². The molecule has 2 atom stereocenters. The maximum absolute atomic E-state index is 2.76. The van der Waals surface area contributed by atoms with Gasteiger partial charge in [-0.2, -0.15) is 0 Å². The van der Waals surface area contributed by atoms with Gasteiger partial charge in [0.25, 0.3) is 0 Å². The van der Waals surface area contributed by atoms with Crippen LogP contribution in [0.1, 0.15) is 91.9 Å². The van der Waals surface area contributed by atoms with E-state index in [1.165, 1.54) is 57.8 Å². The summed E-state index contributed by atoms with van der Waals surface area (Å²) < 4.78 is 0. The zero-order valence-electron chi connectivity index (χ0n) is 17.9. The topological polar surface area (TPSA) is 0 Å². The second kappa shape index (κ2) is 6.46. The predicted molar refractivity (Wildman–Crippen MR) is 125 cm³/mol. The Morgan fingerprint density at radius 3 is 1.50 bits per heavy atom. The van der Waals surface area contributed by atoms with Crippen LogP contribution in [0, 0.1) is 17.3 Å². The van der Waals surface area contributed by atoms with Crippen LogP contribution in [0.25, 0.3) is 11.1 Å². The molecule has 0 spiro atoms. The SMILES string of the molecule is C1=C(C2CC2)c2ccccc2C1C1(C2C=C(C3CC3)c3ccccc32)CCCCC1. The smallest absolute Gasteiger partial charge is 0.00954 e. The normalized spacial score (nSPS) is 29.2. The fourth-order valence-electron chi connectivity index (χ4n) is 7.26. The van der Waals surface area contributed by atoms with E-state index in [0.29, 0.717) is 17.3 Å². The molecule has 2 aromatic rings. The molecule has 30 heavy (non-hydrogen) atoms. The lowest BCUT2D eigenvalue weighted by atomic mass is 9.57. The largest absolute Gasteiger partial charge is 0.0723 e. The molecule has 2 unspecified atom stereocenters. The predicted octanol–water partition coefficient (Wildman–Crippen LogP) is 8.12. The summed E-state index contributed by atoms with van der Waals surface area (Å²) >= 11 is 0. The zero-order valence-corrected chi connectivity index (χ0v) is 17.9. The number of benzene rings is 2. The highest BCUT2D eigenvalue weighted by Crippen LogP contribution is 2.64. The number of rotatable bonds is 4. The molecule has 0 aliphatic heterocycles. The van der Waals surface area contributed by atoms with Crippen molar-refractivity contribution in [3.8, 4) is 0 Å². The summed E-state index contributed by atoms with van der Waals surface area (Å²) in [5, 5.41) is 0. The Balaban J connectivity index is 1.40. The lowest BCUT2D eigenvalue weighted by Gasteiger charge is -2.46. The summed E-state index contributed by atoms with van der Waals surface area (Å²) in [4.78, 5) is 0. The third-order valence-corrected chi connectivity index (χ3v) is 8.96. The van der Waals surface area contributed by atoms with E-state index in [0.717, 1.165) is 11.8 Å². The van der Waals surface area contributed by atoms with E-state index in [-0.39, 0.29) is 0 Å². The first kappa shape index (κ1) is 17.6. The minimum absolute atomic E-state index is 0.359. The van der Waals surface area contributed by atoms with Gasteiger partial charge in [0.2, 0.25) is 0 Å². The molecule has 0 aromatic heterocycles. The van der Waals surface area contributed by atoms with Crippen LogP contribution in [0.2, 0.25) is 0 Å². The van der Waals surface area contributed by atoms with Gasteiger partial charge < -0.3 is 0 Å². The van der Waals surface area contributed by atoms with Crippen molar-refractivity contribution in [2.75, 3.05) is 0 Å². The highest BCUT2D eigenvalue weighted by atomic mass is 14.5. The van der Waals surface area contributed by atoms with Gasteiger partial charge >= 0.3 is 0 Å². The second-order valence-corrected chi connectivity index (χ2v) is 10.7. The minimum Gasteiger partial charge on any atom is -0.0723 e. The monoisotopic (exact) mass is 392 g/mol. The molecule has 3 saturated carbocycles. The summed E-state index contributed by atoms with van der Waals surface area (Å²) in [6.45, 7) is 0. The van der Waals surface area contributed by atoms with Crippen LogP contribution < -0.4 is 0 Å². The molecule has 5 aliphatic carbocycles. The number of allylic oxidation sites excluding steroid dienone is 4. The minimum atomic E-state index is 0.359. The number of hydrogen-bond donors (Lipinski definition) is 0. The molecule has 152 valence electrons. The summed E-state index contributed by atoms with van der Waals surface area (Å²) in [5.74, 6) is 2.87. The quantitative estimate of drug-likeness (QED) is 0.493. The van der Waals surface area contributed by atoms with Gasteiger partial charge in [0.1, 0.15) is 0 Å². The van der Waals surface area contributed by atoms with E-state index in [9.17, 15) is 0 Å². The van der Waals surface area contributed by atoms with Crippen molar-refractivity contribution in [1.82, 2.24) is 0 Å². The Bertz CT molecular complexity index is 973.